The van der Waals surface area contributed by atoms with Crippen LogP contribution in [-0.2, 0) is 19.4 Å². The maximum Gasteiger partial charge on any atom is 0.490 e. The van der Waals surface area contributed by atoms with Gasteiger partial charge in [-0.2, -0.15) is 13.2 Å². The van der Waals surface area contributed by atoms with E-state index in [1.165, 1.54) is 36.4 Å². The summed E-state index contributed by atoms with van der Waals surface area (Å²) in [5, 5.41) is 9.76. The number of fused-ring (bicyclic) bond motifs is 1. The summed E-state index contributed by atoms with van der Waals surface area (Å²) < 4.78 is 72.2. The number of rotatable bonds is 7. The molecule has 0 bridgehead atoms. The van der Waals surface area contributed by atoms with Crippen molar-refractivity contribution in [1.82, 2.24) is 15.0 Å². The van der Waals surface area contributed by atoms with Crippen molar-refractivity contribution in [2.24, 2.45) is 0 Å². The first-order chi connectivity index (χ1) is 17.0. The minimum Gasteiger partial charge on any atom is -0.457 e. The van der Waals surface area contributed by atoms with Gasteiger partial charge in [0.2, 0.25) is 0 Å². The number of hydrogen-bond acceptors (Lipinski definition) is 8. The Hall–Kier alpha value is -3.97. The molecule has 4 aromatic rings. The summed E-state index contributed by atoms with van der Waals surface area (Å²) >= 11 is 0. The highest BCUT2D eigenvalue weighted by atomic mass is 32.2. The fourth-order valence-corrected chi connectivity index (χ4v) is 3.93. The van der Waals surface area contributed by atoms with E-state index in [-0.39, 0.29) is 22.0 Å². The maximum atomic E-state index is 12.8. The first-order valence-electron chi connectivity index (χ1n) is 10.3. The summed E-state index contributed by atoms with van der Waals surface area (Å²) in [7, 11) is -3.47. The Morgan fingerprint density at radius 1 is 1.14 bits per heavy atom. The van der Waals surface area contributed by atoms with E-state index in [9.17, 15) is 31.5 Å². The summed E-state index contributed by atoms with van der Waals surface area (Å²) in [6.45, 7) is -0.974. The predicted molar refractivity (Wildman–Crippen MR) is 121 cm³/mol. The molecule has 2 heterocycles. The Kier molecular flexibility index (Phi) is 6.69. The lowest BCUT2D eigenvalue weighted by Crippen LogP contribution is -2.28. The Labute approximate surface area is 202 Å². The van der Waals surface area contributed by atoms with E-state index in [1.807, 2.05) is 0 Å². The van der Waals surface area contributed by atoms with Gasteiger partial charge < -0.3 is 19.6 Å². The van der Waals surface area contributed by atoms with Crippen molar-refractivity contribution in [3.8, 4) is 23.0 Å². The third kappa shape index (κ3) is 5.47. The first-order valence-corrected chi connectivity index (χ1v) is 12.2. The molecule has 2 N–H and O–H groups in total. The van der Waals surface area contributed by atoms with Gasteiger partial charge >= 0.3 is 12.1 Å². The number of nitrogens with zero attached hydrogens (tertiary/aromatic N) is 2. The van der Waals surface area contributed by atoms with E-state index < -0.39 is 34.7 Å². The first kappa shape index (κ1) is 25.1. The molecule has 1 unspecified atom stereocenters. The second-order valence-corrected chi connectivity index (χ2v) is 9.64. The number of benzene rings is 2. The van der Waals surface area contributed by atoms with Crippen molar-refractivity contribution in [1.29, 1.82) is 0 Å². The number of H-pyrrole nitrogens is 1. The number of halogens is 3. The average Bonchev–Trinajstić information content (AvgIpc) is 3.25. The number of nitrogens with one attached hydrogen (secondary N) is 1. The molecule has 2 aromatic carbocycles. The molecule has 13 heteroatoms. The molecular weight excluding hydrogens is 503 g/mol. The molecule has 0 radical (unpaired) electrons. The molecule has 188 valence electrons. The maximum absolute atomic E-state index is 12.8. The van der Waals surface area contributed by atoms with Crippen LogP contribution in [0.2, 0.25) is 0 Å². The Morgan fingerprint density at radius 3 is 2.44 bits per heavy atom. The van der Waals surface area contributed by atoms with Crippen LogP contribution in [0, 0.1) is 0 Å². The van der Waals surface area contributed by atoms with Gasteiger partial charge in [0.15, 0.2) is 21.8 Å². The largest absolute Gasteiger partial charge is 0.490 e. The van der Waals surface area contributed by atoms with E-state index in [1.54, 1.807) is 24.4 Å². The molecule has 0 aliphatic heterocycles. The number of imidazole rings is 1. The number of aliphatic hydroxyl groups excluding tert-OH is 1. The van der Waals surface area contributed by atoms with Crippen molar-refractivity contribution in [2.75, 3.05) is 12.9 Å². The normalized spacial score (nSPS) is 12.9. The quantitative estimate of drug-likeness (QED) is 0.350. The fraction of sp³-hybridized carbons (Fsp3) is 0.174. The average molecular weight is 521 g/mol. The monoisotopic (exact) mass is 521 g/mol. The minimum absolute atomic E-state index is 0.0326. The Morgan fingerprint density at radius 2 is 1.86 bits per heavy atom. The highest BCUT2D eigenvalue weighted by Gasteiger charge is 2.42. The van der Waals surface area contributed by atoms with Crippen LogP contribution in [0.5, 0.6) is 11.5 Å². The number of carbonyl (C=O) groups is 1. The van der Waals surface area contributed by atoms with Gasteiger partial charge in [0.05, 0.1) is 22.5 Å². The van der Waals surface area contributed by atoms with E-state index in [2.05, 4.69) is 19.7 Å². The van der Waals surface area contributed by atoms with Crippen molar-refractivity contribution in [2.45, 2.75) is 17.2 Å². The van der Waals surface area contributed by atoms with Crippen LogP contribution in [0.25, 0.3) is 22.6 Å². The van der Waals surface area contributed by atoms with Gasteiger partial charge in [-0.25, -0.2) is 18.2 Å². The van der Waals surface area contributed by atoms with E-state index >= 15 is 0 Å². The number of sulfone groups is 1. The topological polar surface area (TPSA) is 131 Å². The summed E-state index contributed by atoms with van der Waals surface area (Å²) in [5.41, 5.74) is 1.12. The van der Waals surface area contributed by atoms with Crippen molar-refractivity contribution in [3.63, 3.8) is 0 Å². The van der Waals surface area contributed by atoms with Crippen molar-refractivity contribution in [3.05, 3.63) is 66.4 Å². The number of ether oxygens (including phenoxy) is 2. The Bertz CT molecular complexity index is 1500. The molecular formula is C23H18F3N3O6S. The molecule has 0 fully saturated rings. The summed E-state index contributed by atoms with van der Waals surface area (Å²) in [6.07, 6.45) is -4.41. The van der Waals surface area contributed by atoms with Gasteiger partial charge in [-0.05, 0) is 42.5 Å². The zero-order chi connectivity index (χ0) is 26.1. The lowest BCUT2D eigenvalue weighted by atomic mass is 10.1. The highest BCUT2D eigenvalue weighted by molar-refractivity contribution is 7.90. The number of aromatic nitrogens is 3. The van der Waals surface area contributed by atoms with Crippen LogP contribution in [0.4, 0.5) is 13.2 Å². The van der Waals surface area contributed by atoms with Gasteiger partial charge in [-0.3, -0.25) is 4.98 Å². The number of pyridine rings is 1. The molecule has 9 nitrogen and oxygen atoms in total. The standard InChI is InChI=1S/C23H18F3N3O6S/c1-36(32,33)14-7-5-13(6-8-14)34-19-11-18-17(28-21(29-18)16-4-2-3-9-27-16)10-15(19)20(12-30)35-22(31)23(24,25)26/h2-11,20,30H,12H2,1H3,(H,28,29). The van der Waals surface area contributed by atoms with Gasteiger partial charge in [0.1, 0.15) is 17.2 Å². The molecule has 0 aliphatic rings. The van der Waals surface area contributed by atoms with E-state index in [4.69, 9.17) is 4.74 Å². The number of aliphatic hydroxyl groups is 1. The second kappa shape index (κ2) is 9.59. The van der Waals surface area contributed by atoms with E-state index in [0.717, 1.165) is 6.26 Å². The van der Waals surface area contributed by atoms with Gasteiger partial charge in [-0.1, -0.05) is 6.07 Å². The molecule has 0 saturated heterocycles. The van der Waals surface area contributed by atoms with Crippen LogP contribution in [0.15, 0.2) is 65.7 Å². The number of carbonyl (C=O) groups excluding carboxylic acids is 1. The number of hydrogen-bond donors (Lipinski definition) is 2. The van der Waals surface area contributed by atoms with Gasteiger partial charge in [0.25, 0.3) is 0 Å². The lowest BCUT2D eigenvalue weighted by molar-refractivity contribution is -0.206. The Balaban J connectivity index is 1.79. The molecule has 0 aliphatic carbocycles. The summed E-state index contributed by atoms with van der Waals surface area (Å²) in [6, 6.07) is 13.2. The number of aromatic amines is 1. The highest BCUT2D eigenvalue weighted by Crippen LogP contribution is 2.36. The molecule has 4 rings (SSSR count). The minimum atomic E-state index is -5.28. The number of esters is 1. The number of alkyl halides is 3. The molecule has 0 spiro atoms. The predicted octanol–water partition coefficient (Wildman–Crippen LogP) is 3.96. The molecule has 1 atom stereocenters. The van der Waals surface area contributed by atoms with Crippen LogP contribution < -0.4 is 4.74 Å². The smallest absolute Gasteiger partial charge is 0.457 e. The van der Waals surface area contributed by atoms with Crippen LogP contribution in [0.3, 0.4) is 0 Å². The van der Waals surface area contributed by atoms with Crippen LogP contribution >= 0.6 is 0 Å². The molecule has 2 aromatic heterocycles. The van der Waals surface area contributed by atoms with Gasteiger partial charge in [-0.15, -0.1) is 0 Å². The van der Waals surface area contributed by atoms with Crippen LogP contribution in [0.1, 0.15) is 11.7 Å². The lowest BCUT2D eigenvalue weighted by Gasteiger charge is -2.20. The summed E-state index contributed by atoms with van der Waals surface area (Å²) in [5.74, 6) is -2.05. The third-order valence-electron chi connectivity index (χ3n) is 4.99. The third-order valence-corrected chi connectivity index (χ3v) is 6.12. The van der Waals surface area contributed by atoms with Gasteiger partial charge in [0, 0.05) is 24.1 Å². The van der Waals surface area contributed by atoms with E-state index in [0.29, 0.717) is 22.6 Å². The second-order valence-electron chi connectivity index (χ2n) is 7.63. The van der Waals surface area contributed by atoms with Crippen molar-refractivity contribution < 1.29 is 41.0 Å². The molecule has 36 heavy (non-hydrogen) atoms. The zero-order valence-electron chi connectivity index (χ0n) is 18.5. The molecule has 0 amide bonds. The summed E-state index contributed by atoms with van der Waals surface area (Å²) in [4.78, 5) is 23.1. The van der Waals surface area contributed by atoms with Crippen LogP contribution in [-0.4, -0.2) is 53.5 Å². The van der Waals surface area contributed by atoms with Crippen molar-refractivity contribution >= 4 is 26.8 Å². The SMILES string of the molecule is CS(=O)(=O)c1ccc(Oc2cc3nc(-c4ccccn4)[nH]c3cc2C(CO)OC(=O)C(F)(F)F)cc1. The molecule has 0 saturated carbocycles. The fourth-order valence-electron chi connectivity index (χ4n) is 3.30. The zero-order valence-corrected chi connectivity index (χ0v) is 19.3.